The van der Waals surface area contributed by atoms with E-state index in [2.05, 4.69) is 5.32 Å². The van der Waals surface area contributed by atoms with Crippen molar-refractivity contribution in [3.63, 3.8) is 0 Å². The van der Waals surface area contributed by atoms with E-state index in [0.29, 0.717) is 5.56 Å². The molecule has 23 heavy (non-hydrogen) atoms. The zero-order valence-electron chi connectivity index (χ0n) is 12.3. The number of amides is 1. The van der Waals surface area contributed by atoms with E-state index in [4.69, 9.17) is 0 Å². The minimum Gasteiger partial charge on any atom is -0.480 e. The van der Waals surface area contributed by atoms with E-state index in [1.54, 1.807) is 12.1 Å². The van der Waals surface area contributed by atoms with Crippen LogP contribution in [-0.4, -0.2) is 23.0 Å². The molecule has 2 aromatic carbocycles. The summed E-state index contributed by atoms with van der Waals surface area (Å²) < 4.78 is 12.8. The van der Waals surface area contributed by atoms with Gasteiger partial charge in [0.1, 0.15) is 11.9 Å². The Labute approximate surface area is 133 Å². The minimum absolute atomic E-state index is 0.201. The molecule has 0 aliphatic heterocycles. The number of halogens is 1. The molecule has 1 amide bonds. The predicted molar refractivity (Wildman–Crippen MR) is 85.1 cm³/mol. The molecule has 0 radical (unpaired) electrons. The third-order valence-corrected chi connectivity index (χ3v) is 3.19. The molecular formula is C18H16FNO3. The molecule has 0 spiro atoms. The summed E-state index contributed by atoms with van der Waals surface area (Å²) in [5.74, 6) is -1.98. The summed E-state index contributed by atoms with van der Waals surface area (Å²) in [5.41, 5.74) is 1.47. The van der Waals surface area contributed by atoms with Crippen LogP contribution >= 0.6 is 0 Å². The molecule has 0 saturated carbocycles. The molecule has 4 nitrogen and oxygen atoms in total. The van der Waals surface area contributed by atoms with Gasteiger partial charge in [-0.05, 0) is 29.3 Å². The van der Waals surface area contributed by atoms with Gasteiger partial charge in [-0.15, -0.1) is 0 Å². The molecule has 0 aromatic heterocycles. The minimum atomic E-state index is -1.10. The summed E-state index contributed by atoms with van der Waals surface area (Å²) in [6.07, 6.45) is 2.93. The lowest BCUT2D eigenvalue weighted by Crippen LogP contribution is -2.41. The van der Waals surface area contributed by atoms with Crippen molar-refractivity contribution in [1.82, 2.24) is 5.32 Å². The number of carboxylic acid groups (broad SMARTS) is 1. The van der Waals surface area contributed by atoms with Gasteiger partial charge in [0.15, 0.2) is 0 Å². The molecule has 2 rings (SSSR count). The third kappa shape index (κ3) is 5.39. The molecule has 0 saturated heterocycles. The molecule has 5 heteroatoms. The fraction of sp³-hybridized carbons (Fsp3) is 0.111. The largest absolute Gasteiger partial charge is 0.480 e. The number of benzene rings is 2. The lowest BCUT2D eigenvalue weighted by molar-refractivity contribution is -0.141. The summed E-state index contributed by atoms with van der Waals surface area (Å²) >= 11 is 0. The number of carboxylic acids is 1. The Morgan fingerprint density at radius 3 is 2.35 bits per heavy atom. The molecule has 118 valence electrons. The van der Waals surface area contributed by atoms with Crippen molar-refractivity contribution in [2.45, 2.75) is 12.5 Å². The second-order valence-electron chi connectivity index (χ2n) is 4.97. The highest BCUT2D eigenvalue weighted by molar-refractivity contribution is 5.94. The predicted octanol–water partition coefficient (Wildman–Crippen LogP) is 2.65. The van der Waals surface area contributed by atoms with Crippen LogP contribution < -0.4 is 5.32 Å². The van der Waals surface area contributed by atoms with E-state index in [1.165, 1.54) is 36.4 Å². The van der Waals surface area contributed by atoms with Gasteiger partial charge in [0.25, 0.3) is 0 Å². The molecule has 2 N–H and O–H groups in total. The summed E-state index contributed by atoms with van der Waals surface area (Å²) in [5, 5.41) is 11.7. The van der Waals surface area contributed by atoms with Gasteiger partial charge < -0.3 is 10.4 Å². The molecular weight excluding hydrogens is 297 g/mol. The Morgan fingerprint density at radius 2 is 1.74 bits per heavy atom. The Kier molecular flexibility index (Phi) is 5.63. The van der Waals surface area contributed by atoms with Gasteiger partial charge >= 0.3 is 5.97 Å². The van der Waals surface area contributed by atoms with Crippen LogP contribution in [0.3, 0.4) is 0 Å². The zero-order valence-corrected chi connectivity index (χ0v) is 12.3. The summed E-state index contributed by atoms with van der Waals surface area (Å²) in [4.78, 5) is 23.1. The summed E-state index contributed by atoms with van der Waals surface area (Å²) in [6, 6.07) is 13.7. The zero-order chi connectivity index (χ0) is 16.7. The molecule has 0 bridgehead atoms. The van der Waals surface area contributed by atoms with E-state index < -0.39 is 17.9 Å². The van der Waals surface area contributed by atoms with E-state index in [-0.39, 0.29) is 12.2 Å². The summed E-state index contributed by atoms with van der Waals surface area (Å²) in [7, 11) is 0. The maximum atomic E-state index is 12.8. The fourth-order valence-electron chi connectivity index (χ4n) is 2.02. The first-order valence-corrected chi connectivity index (χ1v) is 7.05. The molecule has 0 aliphatic rings. The normalized spacial score (nSPS) is 12.0. The van der Waals surface area contributed by atoms with Crippen molar-refractivity contribution in [2.24, 2.45) is 0 Å². The quantitative estimate of drug-likeness (QED) is 0.806. The first-order chi connectivity index (χ1) is 11.0. The third-order valence-electron chi connectivity index (χ3n) is 3.19. The monoisotopic (exact) mass is 313 g/mol. The SMILES string of the molecule is O=C(/C=C/c1ccc(F)cc1)N[C@@H](Cc1ccccc1)C(=O)O. The van der Waals surface area contributed by atoms with Crippen molar-refractivity contribution in [2.75, 3.05) is 0 Å². The van der Waals surface area contributed by atoms with Crippen LogP contribution in [0.2, 0.25) is 0 Å². The highest BCUT2D eigenvalue weighted by Crippen LogP contribution is 2.06. The van der Waals surface area contributed by atoms with Crippen molar-refractivity contribution < 1.29 is 19.1 Å². The van der Waals surface area contributed by atoms with E-state index >= 15 is 0 Å². The van der Waals surface area contributed by atoms with Crippen LogP contribution in [0.25, 0.3) is 6.08 Å². The highest BCUT2D eigenvalue weighted by atomic mass is 19.1. The van der Waals surface area contributed by atoms with Gasteiger partial charge in [-0.25, -0.2) is 9.18 Å². The van der Waals surface area contributed by atoms with Crippen LogP contribution in [0.5, 0.6) is 0 Å². The molecule has 0 aliphatic carbocycles. The van der Waals surface area contributed by atoms with Gasteiger partial charge in [0, 0.05) is 12.5 Å². The molecule has 1 atom stereocenters. The van der Waals surface area contributed by atoms with Gasteiger partial charge in [-0.2, -0.15) is 0 Å². The molecule has 0 unspecified atom stereocenters. The maximum absolute atomic E-state index is 12.8. The second kappa shape index (κ2) is 7.89. The van der Waals surface area contributed by atoms with E-state index in [0.717, 1.165) is 5.56 Å². The van der Waals surface area contributed by atoms with Crippen LogP contribution in [0.1, 0.15) is 11.1 Å². The smallest absolute Gasteiger partial charge is 0.326 e. The van der Waals surface area contributed by atoms with Crippen LogP contribution in [0.15, 0.2) is 60.7 Å². The van der Waals surface area contributed by atoms with Crippen molar-refractivity contribution in [3.05, 3.63) is 77.6 Å². The lowest BCUT2D eigenvalue weighted by Gasteiger charge is -2.13. The second-order valence-corrected chi connectivity index (χ2v) is 4.97. The standard InChI is InChI=1S/C18H16FNO3/c19-15-9-6-13(7-10-15)8-11-17(21)20-16(18(22)23)12-14-4-2-1-3-5-14/h1-11,16H,12H2,(H,20,21)(H,22,23)/b11-8+/t16-/m0/s1. The van der Waals surface area contributed by atoms with Gasteiger partial charge in [-0.1, -0.05) is 42.5 Å². The highest BCUT2D eigenvalue weighted by Gasteiger charge is 2.19. The Balaban J connectivity index is 1.98. The van der Waals surface area contributed by atoms with Crippen LogP contribution in [-0.2, 0) is 16.0 Å². The number of carbonyl (C=O) groups excluding carboxylic acids is 1. The van der Waals surface area contributed by atoms with Crippen molar-refractivity contribution >= 4 is 18.0 Å². The van der Waals surface area contributed by atoms with E-state index in [1.807, 2.05) is 18.2 Å². The topological polar surface area (TPSA) is 66.4 Å². The average Bonchev–Trinajstić information content (AvgIpc) is 2.54. The number of rotatable bonds is 6. The lowest BCUT2D eigenvalue weighted by atomic mass is 10.1. The fourth-order valence-corrected chi connectivity index (χ4v) is 2.02. The first kappa shape index (κ1) is 16.4. The average molecular weight is 313 g/mol. The van der Waals surface area contributed by atoms with Crippen molar-refractivity contribution in [1.29, 1.82) is 0 Å². The Hall–Kier alpha value is -2.95. The molecule has 0 heterocycles. The van der Waals surface area contributed by atoms with E-state index in [9.17, 15) is 19.1 Å². The van der Waals surface area contributed by atoms with Gasteiger partial charge in [-0.3, -0.25) is 4.79 Å². The molecule has 2 aromatic rings. The Morgan fingerprint density at radius 1 is 1.09 bits per heavy atom. The maximum Gasteiger partial charge on any atom is 0.326 e. The summed E-state index contributed by atoms with van der Waals surface area (Å²) in [6.45, 7) is 0. The van der Waals surface area contributed by atoms with Crippen molar-refractivity contribution in [3.8, 4) is 0 Å². The number of hydrogen-bond acceptors (Lipinski definition) is 2. The Bertz CT molecular complexity index is 696. The number of hydrogen-bond donors (Lipinski definition) is 2. The number of aliphatic carboxylic acids is 1. The number of nitrogens with one attached hydrogen (secondary N) is 1. The van der Waals surface area contributed by atoms with Crippen LogP contribution in [0.4, 0.5) is 4.39 Å². The molecule has 0 fully saturated rings. The van der Waals surface area contributed by atoms with Gasteiger partial charge in [0.05, 0.1) is 0 Å². The number of carbonyl (C=O) groups is 2. The van der Waals surface area contributed by atoms with Crippen LogP contribution in [0, 0.1) is 5.82 Å². The first-order valence-electron chi connectivity index (χ1n) is 7.05. The van der Waals surface area contributed by atoms with Gasteiger partial charge in [0.2, 0.25) is 5.91 Å².